The highest BCUT2D eigenvalue weighted by atomic mass is 15.1. The predicted molar refractivity (Wildman–Crippen MR) is 120 cm³/mol. The summed E-state index contributed by atoms with van der Waals surface area (Å²) in [7, 11) is 0. The highest BCUT2D eigenvalue weighted by Gasteiger charge is 2.57. The third-order valence-electron chi connectivity index (χ3n) is 9.59. The van der Waals surface area contributed by atoms with Gasteiger partial charge in [0.05, 0.1) is 11.0 Å². The normalized spacial score (nSPS) is 41.3. The Labute approximate surface area is 175 Å². The summed E-state index contributed by atoms with van der Waals surface area (Å²) in [6.45, 7) is 7.61. The van der Waals surface area contributed by atoms with Crippen molar-refractivity contribution in [2.75, 3.05) is 0 Å². The van der Waals surface area contributed by atoms with Crippen LogP contribution in [0.1, 0.15) is 65.7 Å². The van der Waals surface area contributed by atoms with Crippen molar-refractivity contribution in [1.82, 2.24) is 9.55 Å². The Morgan fingerprint density at radius 3 is 2.72 bits per heavy atom. The van der Waals surface area contributed by atoms with Crippen LogP contribution in [-0.4, -0.2) is 9.55 Å². The molecule has 0 spiro atoms. The second-order valence-electron chi connectivity index (χ2n) is 10.9. The van der Waals surface area contributed by atoms with Crippen LogP contribution in [0, 0.1) is 34.5 Å². The van der Waals surface area contributed by atoms with Crippen molar-refractivity contribution in [3.05, 3.63) is 48.3 Å². The summed E-state index contributed by atoms with van der Waals surface area (Å²) >= 11 is 0. The molecule has 2 aromatic rings. The van der Waals surface area contributed by atoms with Crippen LogP contribution in [0.5, 0.6) is 0 Å². The minimum absolute atomic E-state index is 0.296. The zero-order chi connectivity index (χ0) is 19.8. The molecule has 152 valence electrons. The number of rotatable bonds is 1. The molecule has 1 aromatic heterocycles. The Morgan fingerprint density at radius 2 is 1.83 bits per heavy atom. The number of imidazole rings is 1. The van der Waals surface area contributed by atoms with Crippen molar-refractivity contribution in [3.8, 4) is 0 Å². The van der Waals surface area contributed by atoms with Gasteiger partial charge >= 0.3 is 0 Å². The lowest BCUT2D eigenvalue weighted by Gasteiger charge is -2.58. The number of fused-ring (bicyclic) bond motifs is 6. The average Bonchev–Trinajstić information content (AvgIpc) is 3.29. The minimum atomic E-state index is 0.296. The van der Waals surface area contributed by atoms with Gasteiger partial charge in [-0.25, -0.2) is 4.98 Å². The van der Waals surface area contributed by atoms with Crippen LogP contribution < -0.4 is 0 Å². The van der Waals surface area contributed by atoms with Crippen molar-refractivity contribution in [2.45, 2.75) is 65.7 Å². The van der Waals surface area contributed by atoms with Gasteiger partial charge in [0, 0.05) is 11.1 Å². The first-order valence-electron chi connectivity index (χ1n) is 11.8. The van der Waals surface area contributed by atoms with Crippen molar-refractivity contribution >= 4 is 16.7 Å². The zero-order valence-electron chi connectivity index (χ0n) is 18.2. The molecule has 6 rings (SSSR count). The first-order chi connectivity index (χ1) is 14.0. The predicted octanol–water partition coefficient (Wildman–Crippen LogP) is 7.09. The van der Waals surface area contributed by atoms with E-state index in [1.54, 1.807) is 0 Å². The molecule has 6 atom stereocenters. The summed E-state index contributed by atoms with van der Waals surface area (Å²) in [6.07, 6.45) is 16.8. The topological polar surface area (TPSA) is 17.8 Å². The lowest BCUT2D eigenvalue weighted by Crippen LogP contribution is -2.50. The number of para-hydroxylation sites is 2. The molecule has 2 saturated carbocycles. The van der Waals surface area contributed by atoms with E-state index < -0.39 is 0 Å². The number of nitrogens with zero attached hydrogens (tertiary/aromatic N) is 2. The summed E-state index contributed by atoms with van der Waals surface area (Å²) in [5.41, 5.74) is 6.49. The van der Waals surface area contributed by atoms with Crippen LogP contribution in [0.3, 0.4) is 0 Å². The molecule has 0 bridgehead atoms. The molecule has 4 unspecified atom stereocenters. The average molecular weight is 387 g/mol. The molecule has 0 saturated heterocycles. The number of hydrogen-bond acceptors (Lipinski definition) is 1. The van der Waals surface area contributed by atoms with Gasteiger partial charge < -0.3 is 4.57 Å². The van der Waals surface area contributed by atoms with Gasteiger partial charge in [-0.3, -0.25) is 0 Å². The first-order valence-corrected chi connectivity index (χ1v) is 11.8. The SMILES string of the molecule is CC1C=C2CCC3C(CC[C@]4(C)C(n5cnc6ccccc65)=CCC34)[C@@]2(C)CC1. The molecule has 0 radical (unpaired) electrons. The third-order valence-corrected chi connectivity index (χ3v) is 9.59. The largest absolute Gasteiger partial charge is 0.302 e. The number of allylic oxidation sites excluding steroid dienone is 4. The Bertz CT molecular complexity index is 1030. The fraction of sp³-hybridized carbons (Fsp3) is 0.593. The fourth-order valence-electron chi connectivity index (χ4n) is 7.97. The molecule has 29 heavy (non-hydrogen) atoms. The summed E-state index contributed by atoms with van der Waals surface area (Å²) in [6, 6.07) is 8.61. The van der Waals surface area contributed by atoms with Crippen molar-refractivity contribution in [1.29, 1.82) is 0 Å². The van der Waals surface area contributed by atoms with Crippen LogP contribution in [0.4, 0.5) is 0 Å². The van der Waals surface area contributed by atoms with Gasteiger partial charge in [-0.15, -0.1) is 0 Å². The van der Waals surface area contributed by atoms with E-state index in [0.29, 0.717) is 10.8 Å². The molecule has 2 heteroatoms. The standard InChI is InChI=1S/C27H34N2/c1-18-12-14-26(2)19(16-18)8-9-20-21-10-11-25(27(21,3)15-13-22(20)26)29-17-28-23-6-4-5-7-24(23)29/h4-7,11,16-18,20-22H,8-10,12-15H2,1-3H3/t18?,20?,21?,22?,26-,27-/m0/s1. The second kappa shape index (κ2) is 6.09. The summed E-state index contributed by atoms with van der Waals surface area (Å²) in [4.78, 5) is 4.70. The molecule has 0 aliphatic heterocycles. The maximum Gasteiger partial charge on any atom is 0.100 e. The molecule has 0 N–H and O–H groups in total. The quantitative estimate of drug-likeness (QED) is 0.479. The van der Waals surface area contributed by atoms with Gasteiger partial charge in [0.2, 0.25) is 0 Å². The van der Waals surface area contributed by atoms with Crippen LogP contribution in [-0.2, 0) is 0 Å². The molecule has 2 fully saturated rings. The highest BCUT2D eigenvalue weighted by molar-refractivity contribution is 5.80. The summed E-state index contributed by atoms with van der Waals surface area (Å²) in [5, 5.41) is 0. The smallest absolute Gasteiger partial charge is 0.100 e. The van der Waals surface area contributed by atoms with E-state index in [0.717, 1.165) is 29.2 Å². The van der Waals surface area contributed by atoms with Crippen LogP contribution in [0.25, 0.3) is 16.7 Å². The second-order valence-corrected chi connectivity index (χ2v) is 10.9. The maximum absolute atomic E-state index is 4.70. The summed E-state index contributed by atoms with van der Waals surface area (Å²) < 4.78 is 2.41. The molecule has 1 heterocycles. The molecule has 2 nitrogen and oxygen atoms in total. The van der Waals surface area contributed by atoms with Crippen molar-refractivity contribution in [2.24, 2.45) is 34.5 Å². The van der Waals surface area contributed by atoms with Gasteiger partial charge in [-0.05, 0) is 86.2 Å². The van der Waals surface area contributed by atoms with Gasteiger partial charge in [-0.2, -0.15) is 0 Å². The van der Waals surface area contributed by atoms with Gasteiger partial charge in [-0.1, -0.05) is 50.6 Å². The Hall–Kier alpha value is -1.83. The van der Waals surface area contributed by atoms with Gasteiger partial charge in [0.15, 0.2) is 0 Å². The van der Waals surface area contributed by atoms with Crippen LogP contribution >= 0.6 is 0 Å². The molecule has 4 aliphatic carbocycles. The summed E-state index contributed by atoms with van der Waals surface area (Å²) in [5.74, 6) is 3.36. The molecular weight excluding hydrogens is 352 g/mol. The monoisotopic (exact) mass is 386 g/mol. The lowest BCUT2D eigenvalue weighted by molar-refractivity contribution is -0.0251. The van der Waals surface area contributed by atoms with E-state index in [-0.39, 0.29) is 0 Å². The van der Waals surface area contributed by atoms with E-state index in [1.807, 2.05) is 5.57 Å². The number of benzene rings is 1. The fourth-order valence-corrected chi connectivity index (χ4v) is 7.97. The van der Waals surface area contributed by atoms with E-state index in [9.17, 15) is 0 Å². The van der Waals surface area contributed by atoms with E-state index >= 15 is 0 Å². The Balaban J connectivity index is 1.36. The molecule has 1 aromatic carbocycles. The zero-order valence-corrected chi connectivity index (χ0v) is 18.2. The van der Waals surface area contributed by atoms with Crippen LogP contribution in [0.2, 0.25) is 0 Å². The van der Waals surface area contributed by atoms with Gasteiger partial charge in [0.25, 0.3) is 0 Å². The lowest BCUT2D eigenvalue weighted by atomic mass is 9.47. The van der Waals surface area contributed by atoms with E-state index in [4.69, 9.17) is 4.98 Å². The van der Waals surface area contributed by atoms with Crippen molar-refractivity contribution < 1.29 is 0 Å². The maximum atomic E-state index is 4.70. The van der Waals surface area contributed by atoms with Crippen molar-refractivity contribution in [3.63, 3.8) is 0 Å². The van der Waals surface area contributed by atoms with E-state index in [1.165, 1.54) is 56.2 Å². The molecular formula is C27H34N2. The van der Waals surface area contributed by atoms with Gasteiger partial charge in [0.1, 0.15) is 6.33 Å². The number of aromatic nitrogens is 2. The van der Waals surface area contributed by atoms with Crippen LogP contribution in [0.15, 0.2) is 48.3 Å². The Morgan fingerprint density at radius 1 is 1.00 bits per heavy atom. The third kappa shape index (κ3) is 2.38. The highest BCUT2D eigenvalue weighted by Crippen LogP contribution is 2.66. The molecule has 0 amide bonds. The number of hydrogen-bond donors (Lipinski definition) is 0. The first kappa shape index (κ1) is 18.0. The Kier molecular flexibility index (Phi) is 3.78. The minimum Gasteiger partial charge on any atom is -0.302 e. The molecule has 4 aliphatic rings. The van der Waals surface area contributed by atoms with E-state index in [2.05, 4.69) is 68.1 Å².